The van der Waals surface area contributed by atoms with Crippen molar-refractivity contribution in [3.05, 3.63) is 34.2 Å². The molecule has 2 amide bonds. The van der Waals surface area contributed by atoms with E-state index in [0.717, 1.165) is 22.2 Å². The lowest BCUT2D eigenvalue weighted by atomic mass is 10.0. The average molecular weight is 489 g/mol. The van der Waals surface area contributed by atoms with Crippen molar-refractivity contribution in [1.82, 2.24) is 30.2 Å². The van der Waals surface area contributed by atoms with Gasteiger partial charge < -0.3 is 10.4 Å². The second kappa shape index (κ2) is 8.55. The number of nitrogens with zero attached hydrogens (tertiary/aromatic N) is 5. The highest BCUT2D eigenvalue weighted by atomic mass is 32.2. The van der Waals surface area contributed by atoms with Gasteiger partial charge in [-0.2, -0.15) is 13.9 Å². The first-order valence-electron chi connectivity index (χ1n) is 8.73. The maximum atomic E-state index is 12.6. The van der Waals surface area contributed by atoms with Gasteiger partial charge in [0.15, 0.2) is 4.34 Å². The second-order valence-electron chi connectivity index (χ2n) is 6.45. The van der Waals surface area contributed by atoms with Crippen LogP contribution in [0.25, 0.3) is 0 Å². The van der Waals surface area contributed by atoms with Crippen molar-refractivity contribution in [1.29, 1.82) is 0 Å². The Morgan fingerprint density at radius 1 is 1.42 bits per heavy atom. The zero-order valence-corrected chi connectivity index (χ0v) is 18.1. The van der Waals surface area contributed by atoms with Gasteiger partial charge in [0.05, 0.1) is 0 Å². The minimum absolute atomic E-state index is 0.102. The van der Waals surface area contributed by atoms with Crippen molar-refractivity contribution >= 4 is 52.6 Å². The molecule has 4 rings (SSSR count). The Labute approximate surface area is 186 Å². The van der Waals surface area contributed by atoms with Crippen LogP contribution in [0, 0.1) is 6.92 Å². The molecular weight excluding hydrogens is 474 g/mol. The SMILES string of the molecule is Cc1nnc(SCC2=C(C(=O)O)N3C(=O)[C@H](NC(=O)c4ccn(C(F)F)n4)[C@@H]3SC2)s1. The van der Waals surface area contributed by atoms with Crippen LogP contribution in [-0.4, -0.2) is 70.7 Å². The van der Waals surface area contributed by atoms with E-state index in [1.807, 2.05) is 6.92 Å². The highest BCUT2D eigenvalue weighted by Gasteiger charge is 2.54. The molecule has 10 nitrogen and oxygen atoms in total. The summed E-state index contributed by atoms with van der Waals surface area (Å²) in [5.41, 5.74) is 0.209. The van der Waals surface area contributed by atoms with E-state index in [0.29, 0.717) is 26.1 Å². The van der Waals surface area contributed by atoms with Crippen molar-refractivity contribution < 1.29 is 28.3 Å². The molecule has 2 aliphatic heterocycles. The molecule has 0 spiro atoms. The van der Waals surface area contributed by atoms with E-state index >= 15 is 0 Å². The van der Waals surface area contributed by atoms with Gasteiger partial charge in [-0.05, 0) is 18.6 Å². The lowest BCUT2D eigenvalue weighted by molar-refractivity contribution is -0.148. The molecule has 2 N–H and O–H groups in total. The fourth-order valence-corrected chi connectivity index (χ4v) is 6.36. The number of aliphatic carboxylic acids is 1. The first kappa shape index (κ1) is 21.7. The largest absolute Gasteiger partial charge is 0.477 e. The zero-order valence-electron chi connectivity index (χ0n) is 15.7. The highest BCUT2D eigenvalue weighted by Crippen LogP contribution is 2.41. The van der Waals surface area contributed by atoms with Crippen LogP contribution in [0.3, 0.4) is 0 Å². The molecular formula is C16H14F2N6O4S3. The molecule has 0 bridgehead atoms. The van der Waals surface area contributed by atoms with Crippen molar-refractivity contribution in [2.75, 3.05) is 11.5 Å². The predicted molar refractivity (Wildman–Crippen MR) is 108 cm³/mol. The van der Waals surface area contributed by atoms with Crippen LogP contribution in [0.15, 0.2) is 27.9 Å². The molecule has 2 aromatic heterocycles. The summed E-state index contributed by atoms with van der Waals surface area (Å²) in [6.45, 7) is -1.07. The number of β-lactam (4-membered cyclic amide) rings is 1. The van der Waals surface area contributed by atoms with E-state index in [1.54, 1.807) is 0 Å². The normalized spacial score (nSPS) is 20.6. The topological polar surface area (TPSA) is 130 Å². The summed E-state index contributed by atoms with van der Waals surface area (Å²) >= 11 is 4.05. The molecule has 164 valence electrons. The summed E-state index contributed by atoms with van der Waals surface area (Å²) in [5.74, 6) is -1.91. The first-order valence-corrected chi connectivity index (χ1v) is 11.6. The van der Waals surface area contributed by atoms with Crippen LogP contribution in [0.4, 0.5) is 8.78 Å². The smallest absolute Gasteiger partial charge is 0.352 e. The third-order valence-corrected chi connectivity index (χ3v) is 7.85. The van der Waals surface area contributed by atoms with Crippen LogP contribution in [0.1, 0.15) is 22.0 Å². The van der Waals surface area contributed by atoms with Gasteiger partial charge in [0, 0.05) is 17.7 Å². The minimum Gasteiger partial charge on any atom is -0.477 e. The van der Waals surface area contributed by atoms with E-state index in [-0.39, 0.29) is 11.4 Å². The number of amides is 2. The van der Waals surface area contributed by atoms with E-state index < -0.39 is 35.7 Å². The number of nitrogens with one attached hydrogen (secondary N) is 1. The number of hydrogen-bond acceptors (Lipinski definition) is 9. The number of carbonyl (C=O) groups excluding carboxylic acids is 2. The Bertz CT molecular complexity index is 1090. The van der Waals surface area contributed by atoms with Gasteiger partial charge in [-0.1, -0.05) is 23.1 Å². The Morgan fingerprint density at radius 2 is 2.19 bits per heavy atom. The third kappa shape index (κ3) is 4.16. The minimum atomic E-state index is -2.89. The van der Waals surface area contributed by atoms with Gasteiger partial charge in [0.25, 0.3) is 11.8 Å². The quantitative estimate of drug-likeness (QED) is 0.441. The fourth-order valence-electron chi connectivity index (χ4n) is 3.06. The standard InChI is InChI=1S/C16H14F2N6O4S3/c1-6-20-21-16(31-6)30-5-7-4-29-13-9(12(26)24(13)10(7)14(27)28)19-11(25)8-2-3-23(22-8)15(17)18/h2-3,9,13,15H,4-5H2,1H3,(H,19,25)(H,27,28)/t9-,13-/m0/s1. The van der Waals surface area contributed by atoms with E-state index in [9.17, 15) is 28.3 Å². The molecule has 0 saturated carbocycles. The molecule has 15 heteroatoms. The Balaban J connectivity index is 1.46. The molecule has 1 fully saturated rings. The molecule has 0 aromatic carbocycles. The average Bonchev–Trinajstić information content (AvgIpc) is 3.38. The molecule has 31 heavy (non-hydrogen) atoms. The number of fused-ring (bicyclic) bond motifs is 1. The molecule has 2 aliphatic rings. The molecule has 0 unspecified atom stereocenters. The summed E-state index contributed by atoms with van der Waals surface area (Å²) in [7, 11) is 0. The number of alkyl halides is 2. The third-order valence-electron chi connectivity index (χ3n) is 4.45. The highest BCUT2D eigenvalue weighted by molar-refractivity contribution is 8.01. The Hall–Kier alpha value is -2.52. The van der Waals surface area contributed by atoms with Gasteiger partial charge in [0.1, 0.15) is 27.8 Å². The fraction of sp³-hybridized carbons (Fsp3) is 0.375. The molecule has 1 saturated heterocycles. The van der Waals surface area contributed by atoms with Crippen LogP contribution in [-0.2, 0) is 9.59 Å². The van der Waals surface area contributed by atoms with E-state index in [1.165, 1.54) is 34.9 Å². The van der Waals surface area contributed by atoms with Crippen LogP contribution in [0.5, 0.6) is 0 Å². The zero-order chi connectivity index (χ0) is 22.3. The Kier molecular flexibility index (Phi) is 5.98. The summed E-state index contributed by atoms with van der Waals surface area (Å²) in [5, 5.41) is 23.7. The number of aryl methyl sites for hydroxylation is 1. The summed E-state index contributed by atoms with van der Waals surface area (Å²) < 4.78 is 26.3. The first-order chi connectivity index (χ1) is 14.8. The lowest BCUT2D eigenvalue weighted by Gasteiger charge is -2.49. The van der Waals surface area contributed by atoms with Gasteiger partial charge in [-0.3, -0.25) is 14.5 Å². The summed E-state index contributed by atoms with van der Waals surface area (Å²) in [6.07, 6.45) is 0.957. The van der Waals surface area contributed by atoms with E-state index in [4.69, 9.17) is 0 Å². The Morgan fingerprint density at radius 3 is 2.81 bits per heavy atom. The maximum Gasteiger partial charge on any atom is 0.352 e. The van der Waals surface area contributed by atoms with Gasteiger partial charge >= 0.3 is 12.5 Å². The number of thioether (sulfide) groups is 2. The number of carboxylic acids is 1. The van der Waals surface area contributed by atoms with Crippen molar-refractivity contribution in [2.45, 2.75) is 29.2 Å². The van der Waals surface area contributed by atoms with Crippen LogP contribution in [0.2, 0.25) is 0 Å². The number of rotatable bonds is 7. The van der Waals surface area contributed by atoms with E-state index in [2.05, 4.69) is 20.6 Å². The molecule has 0 aliphatic carbocycles. The lowest BCUT2D eigenvalue weighted by Crippen LogP contribution is -2.70. The molecule has 0 radical (unpaired) electrons. The number of halogens is 2. The number of carbonyl (C=O) groups is 3. The number of carboxylic acid groups (broad SMARTS) is 1. The molecule has 4 heterocycles. The predicted octanol–water partition coefficient (Wildman–Crippen LogP) is 1.58. The van der Waals surface area contributed by atoms with Crippen molar-refractivity contribution in [3.63, 3.8) is 0 Å². The summed E-state index contributed by atoms with van der Waals surface area (Å²) in [6, 6.07) is 0.146. The second-order valence-corrected chi connectivity index (χ2v) is 9.96. The number of hydrogen-bond donors (Lipinski definition) is 2. The van der Waals surface area contributed by atoms with Gasteiger partial charge in [0.2, 0.25) is 0 Å². The maximum absolute atomic E-state index is 12.6. The monoisotopic (exact) mass is 488 g/mol. The molecule has 2 atom stereocenters. The number of aromatic nitrogens is 4. The summed E-state index contributed by atoms with van der Waals surface area (Å²) in [4.78, 5) is 38.0. The van der Waals surface area contributed by atoms with Gasteiger partial charge in [-0.25, -0.2) is 9.48 Å². The van der Waals surface area contributed by atoms with Crippen molar-refractivity contribution in [2.24, 2.45) is 0 Å². The van der Waals surface area contributed by atoms with Crippen LogP contribution >= 0.6 is 34.9 Å². The molecule has 2 aromatic rings. The van der Waals surface area contributed by atoms with Crippen molar-refractivity contribution in [3.8, 4) is 0 Å². The van der Waals surface area contributed by atoms with Gasteiger partial charge in [-0.15, -0.1) is 22.0 Å². The van der Waals surface area contributed by atoms with Crippen LogP contribution < -0.4 is 5.32 Å².